The third-order valence-corrected chi connectivity index (χ3v) is 9.63. The number of hydrogen-bond acceptors (Lipinski definition) is 5. The number of nitrogens with zero attached hydrogens (tertiary/aromatic N) is 2. The van der Waals surface area contributed by atoms with E-state index in [1.54, 1.807) is 37.3 Å². The van der Waals surface area contributed by atoms with Crippen LogP contribution in [0.2, 0.25) is 5.02 Å². The number of benzene rings is 3. The lowest BCUT2D eigenvalue weighted by molar-refractivity contribution is -0.139. The Morgan fingerprint density at radius 1 is 0.976 bits per heavy atom. The zero-order valence-corrected chi connectivity index (χ0v) is 25.6. The molecule has 1 fully saturated rings. The monoisotopic (exact) mass is 611 g/mol. The highest BCUT2D eigenvalue weighted by Gasteiger charge is 2.34. The first kappa shape index (κ1) is 31.4. The molecule has 10 heteroatoms. The number of ether oxygens (including phenoxy) is 1. The van der Waals surface area contributed by atoms with Crippen molar-refractivity contribution >= 4 is 39.1 Å². The van der Waals surface area contributed by atoms with E-state index in [-0.39, 0.29) is 39.8 Å². The Hall–Kier alpha value is -3.56. The van der Waals surface area contributed by atoms with Gasteiger partial charge >= 0.3 is 0 Å². The van der Waals surface area contributed by atoms with Crippen molar-refractivity contribution in [3.8, 4) is 5.75 Å². The van der Waals surface area contributed by atoms with Crippen LogP contribution >= 0.6 is 11.6 Å². The van der Waals surface area contributed by atoms with E-state index in [1.165, 1.54) is 30.2 Å². The lowest BCUT2D eigenvalue weighted by Gasteiger charge is -2.33. The molecule has 1 aliphatic rings. The van der Waals surface area contributed by atoms with Gasteiger partial charge in [-0.05, 0) is 62.1 Å². The lowest BCUT2D eigenvalue weighted by Crippen LogP contribution is -2.53. The Kier molecular flexibility index (Phi) is 10.9. The van der Waals surface area contributed by atoms with E-state index in [4.69, 9.17) is 16.3 Å². The largest absolute Gasteiger partial charge is 0.495 e. The van der Waals surface area contributed by atoms with Crippen molar-refractivity contribution in [2.75, 3.05) is 24.5 Å². The highest BCUT2D eigenvalue weighted by molar-refractivity contribution is 7.92. The van der Waals surface area contributed by atoms with Gasteiger partial charge in [-0.15, -0.1) is 0 Å². The molecule has 1 N–H and O–H groups in total. The molecule has 0 aliphatic heterocycles. The normalized spacial score (nSPS) is 14.5. The van der Waals surface area contributed by atoms with Gasteiger partial charge in [-0.3, -0.25) is 13.9 Å². The third kappa shape index (κ3) is 7.83. The second-order valence-electron chi connectivity index (χ2n) is 10.5. The smallest absolute Gasteiger partial charge is 0.264 e. The summed E-state index contributed by atoms with van der Waals surface area (Å²) in [5, 5.41) is 3.40. The predicted molar refractivity (Wildman–Crippen MR) is 165 cm³/mol. The van der Waals surface area contributed by atoms with Gasteiger partial charge in [0.1, 0.15) is 18.3 Å². The van der Waals surface area contributed by atoms with Crippen LogP contribution in [-0.4, -0.2) is 57.4 Å². The topological polar surface area (TPSA) is 96.0 Å². The van der Waals surface area contributed by atoms with Gasteiger partial charge in [0.25, 0.3) is 10.0 Å². The van der Waals surface area contributed by atoms with E-state index in [9.17, 15) is 18.0 Å². The number of amides is 2. The maximum Gasteiger partial charge on any atom is 0.264 e. The van der Waals surface area contributed by atoms with Gasteiger partial charge in [0, 0.05) is 17.6 Å². The summed E-state index contributed by atoms with van der Waals surface area (Å²) in [5.74, 6) is -0.523. The van der Waals surface area contributed by atoms with Gasteiger partial charge in [-0.25, -0.2) is 8.42 Å². The van der Waals surface area contributed by atoms with Crippen LogP contribution in [0.15, 0.2) is 83.8 Å². The number of nitrogens with one attached hydrogen (secondary N) is 1. The summed E-state index contributed by atoms with van der Waals surface area (Å²) in [4.78, 5) is 29.0. The molecule has 1 atom stereocenters. The fourth-order valence-corrected chi connectivity index (χ4v) is 6.83. The summed E-state index contributed by atoms with van der Waals surface area (Å²) < 4.78 is 34.5. The fraction of sp³-hybridized carbons (Fsp3) is 0.375. The van der Waals surface area contributed by atoms with Crippen LogP contribution in [0.4, 0.5) is 5.69 Å². The minimum absolute atomic E-state index is 0.0127. The van der Waals surface area contributed by atoms with Crippen molar-refractivity contribution in [2.45, 2.75) is 62.4 Å². The Morgan fingerprint density at radius 2 is 1.62 bits per heavy atom. The number of methoxy groups -OCH3 is 1. The Balaban J connectivity index is 1.68. The van der Waals surface area contributed by atoms with Gasteiger partial charge in [0.15, 0.2) is 0 Å². The van der Waals surface area contributed by atoms with Crippen molar-refractivity contribution in [3.63, 3.8) is 0 Å². The summed E-state index contributed by atoms with van der Waals surface area (Å²) in [6.07, 6.45) is 5.59. The second-order valence-corrected chi connectivity index (χ2v) is 12.8. The molecule has 0 saturated heterocycles. The van der Waals surface area contributed by atoms with Crippen LogP contribution in [0.3, 0.4) is 0 Å². The number of carbonyl (C=O) groups excluding carboxylic acids is 2. The molecule has 0 bridgehead atoms. The first-order valence-corrected chi connectivity index (χ1v) is 16.1. The number of halogens is 1. The number of carbonyl (C=O) groups is 2. The van der Waals surface area contributed by atoms with Crippen LogP contribution in [0.1, 0.15) is 44.6 Å². The molecule has 4 rings (SSSR count). The number of rotatable bonds is 12. The third-order valence-electron chi connectivity index (χ3n) is 7.62. The van der Waals surface area contributed by atoms with Crippen LogP contribution < -0.4 is 14.4 Å². The minimum atomic E-state index is -4.22. The molecule has 0 aromatic heterocycles. The zero-order chi connectivity index (χ0) is 30.1. The van der Waals surface area contributed by atoms with Crippen LogP contribution in [0.25, 0.3) is 0 Å². The number of sulfonamides is 1. The van der Waals surface area contributed by atoms with Crippen molar-refractivity contribution in [1.82, 2.24) is 10.2 Å². The van der Waals surface area contributed by atoms with Crippen molar-refractivity contribution in [3.05, 3.63) is 89.4 Å². The fourth-order valence-electron chi connectivity index (χ4n) is 5.23. The molecule has 1 aliphatic carbocycles. The van der Waals surface area contributed by atoms with E-state index >= 15 is 0 Å². The maximum absolute atomic E-state index is 14.1. The molecule has 0 radical (unpaired) electrons. The quantitative estimate of drug-likeness (QED) is 0.294. The lowest BCUT2D eigenvalue weighted by atomic mass is 9.95. The SMILES string of the molecule is COc1ccc(Cl)cc1N(CC(=O)N(CCc1ccccc1)[C@H](C)C(=O)NC1CCCCC1)S(=O)(=O)c1ccccc1. The molecule has 8 nitrogen and oxygen atoms in total. The first-order chi connectivity index (χ1) is 20.2. The molecule has 224 valence electrons. The number of hydrogen-bond donors (Lipinski definition) is 1. The van der Waals surface area contributed by atoms with Gasteiger partial charge in [0.05, 0.1) is 17.7 Å². The standard InChI is InChI=1S/C32H38ClN3O5S/c1-24(32(38)34-27-14-8-4-9-15-27)35(21-20-25-12-6-3-7-13-25)31(37)23-36(29-22-26(33)18-19-30(29)41-2)42(39,40)28-16-10-5-11-17-28/h3,5-7,10-13,16-19,22,24,27H,4,8-9,14-15,20-21,23H2,1-2H3,(H,34,38)/t24-/m1/s1. The Labute approximate surface area is 253 Å². The van der Waals surface area contributed by atoms with Gasteiger partial charge in [0.2, 0.25) is 11.8 Å². The Bertz CT molecular complexity index is 1450. The molecule has 42 heavy (non-hydrogen) atoms. The summed E-state index contributed by atoms with van der Waals surface area (Å²) in [6.45, 7) is 1.37. The van der Waals surface area contributed by atoms with Crippen molar-refractivity contribution in [2.24, 2.45) is 0 Å². The average molecular weight is 612 g/mol. The molecule has 3 aromatic carbocycles. The van der Waals surface area contributed by atoms with E-state index in [0.717, 1.165) is 42.0 Å². The van der Waals surface area contributed by atoms with E-state index < -0.39 is 28.5 Å². The number of anilines is 1. The Morgan fingerprint density at radius 3 is 2.26 bits per heavy atom. The van der Waals surface area contributed by atoms with E-state index in [1.807, 2.05) is 30.3 Å². The summed E-state index contributed by atoms with van der Waals surface area (Å²) in [6, 6.07) is 21.4. The highest BCUT2D eigenvalue weighted by Crippen LogP contribution is 2.35. The molecule has 1 saturated carbocycles. The molecule has 2 amide bonds. The van der Waals surface area contributed by atoms with Gasteiger partial charge in [-0.1, -0.05) is 79.4 Å². The zero-order valence-electron chi connectivity index (χ0n) is 24.0. The average Bonchev–Trinajstić information content (AvgIpc) is 3.01. The van der Waals surface area contributed by atoms with Crippen LogP contribution in [0, 0.1) is 0 Å². The van der Waals surface area contributed by atoms with Crippen LogP contribution in [0.5, 0.6) is 5.75 Å². The highest BCUT2D eigenvalue weighted by atomic mass is 35.5. The van der Waals surface area contributed by atoms with Gasteiger partial charge < -0.3 is 15.0 Å². The minimum Gasteiger partial charge on any atom is -0.495 e. The summed E-state index contributed by atoms with van der Waals surface area (Å²) in [7, 11) is -2.80. The second kappa shape index (κ2) is 14.6. The predicted octanol–water partition coefficient (Wildman–Crippen LogP) is 5.45. The molecular weight excluding hydrogens is 574 g/mol. The van der Waals surface area contributed by atoms with E-state index in [2.05, 4.69) is 5.32 Å². The van der Waals surface area contributed by atoms with Crippen molar-refractivity contribution < 1.29 is 22.7 Å². The molecular formula is C32H38ClN3O5S. The summed E-state index contributed by atoms with van der Waals surface area (Å²) in [5.41, 5.74) is 1.13. The molecule has 3 aromatic rings. The molecule has 0 spiro atoms. The van der Waals surface area contributed by atoms with E-state index in [0.29, 0.717) is 6.42 Å². The molecule has 0 unspecified atom stereocenters. The van der Waals surface area contributed by atoms with Gasteiger partial charge in [-0.2, -0.15) is 0 Å². The van der Waals surface area contributed by atoms with Crippen molar-refractivity contribution in [1.29, 1.82) is 0 Å². The summed E-state index contributed by atoms with van der Waals surface area (Å²) >= 11 is 6.29. The maximum atomic E-state index is 14.1. The molecule has 0 heterocycles. The first-order valence-electron chi connectivity index (χ1n) is 14.3. The van der Waals surface area contributed by atoms with Crippen LogP contribution in [-0.2, 0) is 26.0 Å².